The van der Waals surface area contributed by atoms with E-state index in [0.29, 0.717) is 21.2 Å². The summed E-state index contributed by atoms with van der Waals surface area (Å²) in [5.41, 5.74) is 1.06. The van der Waals surface area contributed by atoms with Gasteiger partial charge in [-0.05, 0) is 54.1 Å². The van der Waals surface area contributed by atoms with Gasteiger partial charge in [0.25, 0.3) is 0 Å². The molecule has 0 atom stereocenters. The second kappa shape index (κ2) is 7.70. The molecule has 0 unspecified atom stereocenters. The van der Waals surface area contributed by atoms with Crippen molar-refractivity contribution in [1.82, 2.24) is 0 Å². The Bertz CT molecular complexity index is 1170. The summed E-state index contributed by atoms with van der Waals surface area (Å²) in [4.78, 5) is 24.7. The van der Waals surface area contributed by atoms with Crippen molar-refractivity contribution >= 4 is 41.0 Å². The minimum absolute atomic E-state index is 0.0752. The molecule has 0 bridgehead atoms. The molecule has 0 spiro atoms. The van der Waals surface area contributed by atoms with Crippen LogP contribution in [-0.4, -0.2) is 11.8 Å². The highest BCUT2D eigenvalue weighted by atomic mass is 35.5. The Morgan fingerprint density at radius 3 is 2.55 bits per heavy atom. The Hall–Kier alpha value is -3.15. The van der Waals surface area contributed by atoms with Crippen LogP contribution < -0.4 is 9.47 Å². The van der Waals surface area contributed by atoms with E-state index in [-0.39, 0.29) is 28.6 Å². The van der Waals surface area contributed by atoms with Crippen LogP contribution in [0.2, 0.25) is 10.0 Å². The van der Waals surface area contributed by atoms with E-state index in [1.807, 2.05) is 0 Å². The molecular weight excluding hydrogens is 418 g/mol. The lowest BCUT2D eigenvalue weighted by Crippen LogP contribution is -2.08. The second-order valence-electron chi connectivity index (χ2n) is 6.14. The molecule has 0 aromatic heterocycles. The number of esters is 1. The zero-order valence-electron chi connectivity index (χ0n) is 14.6. The molecule has 29 heavy (non-hydrogen) atoms. The number of halogens is 3. The van der Waals surface area contributed by atoms with Crippen molar-refractivity contribution in [3.63, 3.8) is 0 Å². The summed E-state index contributed by atoms with van der Waals surface area (Å²) in [5, 5.41) is 0.668. The molecule has 3 aromatic carbocycles. The van der Waals surface area contributed by atoms with Crippen molar-refractivity contribution in [3.05, 3.63) is 99.0 Å². The van der Waals surface area contributed by atoms with Gasteiger partial charge >= 0.3 is 5.97 Å². The number of hydrogen-bond donors (Lipinski definition) is 0. The highest BCUT2D eigenvalue weighted by molar-refractivity contribution is 6.43. The number of carbonyl (C=O) groups is 2. The van der Waals surface area contributed by atoms with E-state index < -0.39 is 11.8 Å². The molecule has 1 aliphatic heterocycles. The summed E-state index contributed by atoms with van der Waals surface area (Å²) in [6, 6.07) is 14.5. The molecule has 144 valence electrons. The van der Waals surface area contributed by atoms with Gasteiger partial charge in [0.2, 0.25) is 5.78 Å². The second-order valence-corrected chi connectivity index (χ2v) is 6.92. The van der Waals surface area contributed by atoms with Crippen LogP contribution >= 0.6 is 23.2 Å². The molecule has 1 aliphatic rings. The average Bonchev–Trinajstić information content (AvgIpc) is 3.01. The van der Waals surface area contributed by atoms with Crippen LogP contribution in [0.15, 0.2) is 66.4 Å². The van der Waals surface area contributed by atoms with Crippen LogP contribution in [0, 0.1) is 5.82 Å². The summed E-state index contributed by atoms with van der Waals surface area (Å²) in [7, 11) is 0. The average molecular weight is 429 g/mol. The van der Waals surface area contributed by atoms with E-state index in [4.69, 9.17) is 32.7 Å². The van der Waals surface area contributed by atoms with Crippen molar-refractivity contribution in [2.75, 3.05) is 0 Å². The molecule has 1 heterocycles. The fourth-order valence-electron chi connectivity index (χ4n) is 2.76. The normalized spacial score (nSPS) is 13.9. The maximum Gasteiger partial charge on any atom is 0.343 e. The maximum absolute atomic E-state index is 13.0. The van der Waals surface area contributed by atoms with Crippen molar-refractivity contribution < 1.29 is 23.5 Å². The Labute approximate surface area is 175 Å². The zero-order valence-corrected chi connectivity index (χ0v) is 16.1. The summed E-state index contributed by atoms with van der Waals surface area (Å²) in [6.07, 6.45) is 1.50. The number of allylic oxidation sites excluding steroid dienone is 1. The molecule has 0 amide bonds. The van der Waals surface area contributed by atoms with E-state index in [2.05, 4.69) is 0 Å². The van der Waals surface area contributed by atoms with Crippen LogP contribution in [0.25, 0.3) is 6.08 Å². The molecule has 3 aromatic rings. The topological polar surface area (TPSA) is 52.6 Å². The highest BCUT2D eigenvalue weighted by Gasteiger charge is 2.28. The first-order valence-electron chi connectivity index (χ1n) is 8.42. The minimum atomic E-state index is -0.657. The van der Waals surface area contributed by atoms with Crippen LogP contribution in [0.1, 0.15) is 26.3 Å². The van der Waals surface area contributed by atoms with E-state index in [9.17, 15) is 14.0 Å². The number of fused-ring (bicyclic) bond motifs is 1. The fraction of sp³-hybridized carbons (Fsp3) is 0. The van der Waals surface area contributed by atoms with Gasteiger partial charge in [0.1, 0.15) is 17.3 Å². The number of carbonyl (C=O) groups excluding carboxylic acids is 2. The van der Waals surface area contributed by atoms with Crippen LogP contribution in [0.3, 0.4) is 0 Å². The van der Waals surface area contributed by atoms with Crippen LogP contribution in [0.4, 0.5) is 4.39 Å². The van der Waals surface area contributed by atoms with Crippen molar-refractivity contribution in [2.45, 2.75) is 0 Å². The lowest BCUT2D eigenvalue weighted by Gasteiger charge is -2.06. The molecule has 0 saturated heterocycles. The number of ketones is 1. The lowest BCUT2D eigenvalue weighted by molar-refractivity contribution is 0.0734. The number of benzene rings is 3. The lowest BCUT2D eigenvalue weighted by atomic mass is 10.1. The van der Waals surface area contributed by atoms with Crippen molar-refractivity contribution in [2.24, 2.45) is 0 Å². The molecule has 0 aliphatic carbocycles. The zero-order chi connectivity index (χ0) is 20.5. The number of Topliss-reactive ketones (excluding diaryl/α,β-unsaturated/α-hetero) is 1. The number of hydrogen-bond acceptors (Lipinski definition) is 4. The van der Waals surface area contributed by atoms with Gasteiger partial charge in [-0.15, -0.1) is 0 Å². The van der Waals surface area contributed by atoms with Gasteiger partial charge in [-0.2, -0.15) is 0 Å². The van der Waals surface area contributed by atoms with Gasteiger partial charge < -0.3 is 9.47 Å². The first-order valence-corrected chi connectivity index (χ1v) is 9.18. The predicted octanol–water partition coefficient (Wildman–Crippen LogP) is 5.97. The largest absolute Gasteiger partial charge is 0.452 e. The van der Waals surface area contributed by atoms with Crippen molar-refractivity contribution in [1.29, 1.82) is 0 Å². The smallest absolute Gasteiger partial charge is 0.343 e. The quantitative estimate of drug-likeness (QED) is 0.293. The van der Waals surface area contributed by atoms with Gasteiger partial charge in [0.15, 0.2) is 5.76 Å². The van der Waals surface area contributed by atoms with Gasteiger partial charge in [-0.3, -0.25) is 4.79 Å². The molecular formula is C22H11Cl2FO4. The summed E-state index contributed by atoms with van der Waals surface area (Å²) in [6.45, 7) is 0. The molecule has 7 heteroatoms. The maximum atomic E-state index is 13.0. The molecule has 0 radical (unpaired) electrons. The van der Waals surface area contributed by atoms with Crippen molar-refractivity contribution in [3.8, 4) is 11.5 Å². The fourth-order valence-corrected chi connectivity index (χ4v) is 3.12. The number of rotatable bonds is 3. The standard InChI is InChI=1S/C22H11Cl2FO4/c23-17-3-1-2-13(20(17)24)10-19-21(26)16-9-8-15(11-18(16)29-19)28-22(27)12-4-6-14(25)7-5-12/h1-11H. The monoisotopic (exact) mass is 428 g/mol. The van der Waals surface area contributed by atoms with E-state index in [1.165, 1.54) is 48.5 Å². The van der Waals surface area contributed by atoms with Gasteiger partial charge in [0, 0.05) is 6.07 Å². The molecule has 0 N–H and O–H groups in total. The molecule has 4 rings (SSSR count). The summed E-state index contributed by atoms with van der Waals surface area (Å²) in [5.74, 6) is -0.920. The first kappa shape index (κ1) is 19.2. The predicted molar refractivity (Wildman–Crippen MR) is 107 cm³/mol. The molecule has 0 saturated carbocycles. The van der Waals surface area contributed by atoms with E-state index in [0.717, 1.165) is 0 Å². The Kier molecular flexibility index (Phi) is 5.09. The molecule has 4 nitrogen and oxygen atoms in total. The summed E-state index contributed by atoms with van der Waals surface area (Å²) < 4.78 is 23.9. The Balaban J connectivity index is 1.57. The van der Waals surface area contributed by atoms with Gasteiger partial charge in [-0.1, -0.05) is 35.3 Å². The van der Waals surface area contributed by atoms with Gasteiger partial charge in [-0.25, -0.2) is 9.18 Å². The van der Waals surface area contributed by atoms with Crippen LogP contribution in [0.5, 0.6) is 11.5 Å². The van der Waals surface area contributed by atoms with Crippen LogP contribution in [-0.2, 0) is 0 Å². The third kappa shape index (κ3) is 3.88. The minimum Gasteiger partial charge on any atom is -0.452 e. The van der Waals surface area contributed by atoms with E-state index in [1.54, 1.807) is 18.2 Å². The third-order valence-electron chi connectivity index (χ3n) is 4.20. The summed E-state index contributed by atoms with van der Waals surface area (Å²) >= 11 is 12.2. The van der Waals surface area contributed by atoms with E-state index >= 15 is 0 Å². The van der Waals surface area contributed by atoms with Gasteiger partial charge in [0.05, 0.1) is 21.2 Å². The molecule has 0 fully saturated rings. The first-order chi connectivity index (χ1) is 13.9. The Morgan fingerprint density at radius 2 is 1.79 bits per heavy atom. The third-order valence-corrected chi connectivity index (χ3v) is 5.03. The SMILES string of the molecule is O=C(Oc1ccc2c(c1)OC(=Cc1cccc(Cl)c1Cl)C2=O)c1ccc(F)cc1. The number of ether oxygens (including phenoxy) is 2. The Morgan fingerprint density at radius 1 is 1.03 bits per heavy atom. The highest BCUT2D eigenvalue weighted by Crippen LogP contribution is 2.36.